The summed E-state index contributed by atoms with van der Waals surface area (Å²) in [6, 6.07) is 0. The van der Waals surface area contributed by atoms with Gasteiger partial charge in [-0.3, -0.25) is 0 Å². The van der Waals surface area contributed by atoms with Gasteiger partial charge in [-0.15, -0.1) is 13.2 Å². The van der Waals surface area contributed by atoms with Crippen molar-refractivity contribution in [1.82, 2.24) is 0 Å². The Labute approximate surface area is 130 Å². The minimum Gasteiger partial charge on any atom is -0.103 e. The minimum atomic E-state index is 1.08. The Hall–Kier alpha value is -1.04. The Morgan fingerprint density at radius 2 is 1.10 bits per heavy atom. The lowest BCUT2D eigenvalue weighted by atomic mass is 10.3. The predicted molar refractivity (Wildman–Crippen MR) is 100 cm³/mol. The van der Waals surface area contributed by atoms with Crippen LogP contribution in [0.1, 0.15) is 80.1 Å². The van der Waals surface area contributed by atoms with Crippen molar-refractivity contribution in [1.29, 1.82) is 0 Å². The molecule has 20 heavy (non-hydrogen) atoms. The van der Waals surface area contributed by atoms with E-state index in [0.717, 1.165) is 6.42 Å². The molecule has 0 aromatic rings. The number of hydrogen-bond donors (Lipinski definition) is 0. The fourth-order valence-corrected chi connectivity index (χ4v) is 0.785. The van der Waals surface area contributed by atoms with Crippen LogP contribution in [-0.2, 0) is 0 Å². The largest absolute Gasteiger partial charge is 0.103 e. The predicted octanol–water partition coefficient (Wildman–Crippen LogP) is 7.89. The zero-order valence-electron chi connectivity index (χ0n) is 15.1. The quantitative estimate of drug-likeness (QED) is 0.434. The van der Waals surface area contributed by atoms with Crippen LogP contribution in [-0.4, -0.2) is 0 Å². The lowest BCUT2D eigenvalue weighted by Gasteiger charge is -1.79. The van der Waals surface area contributed by atoms with Crippen LogP contribution in [0, 0.1) is 0 Å². The first-order chi connectivity index (χ1) is 9.66. The first kappa shape index (κ1) is 27.3. The van der Waals surface area contributed by atoms with Gasteiger partial charge >= 0.3 is 0 Å². The zero-order valence-corrected chi connectivity index (χ0v) is 15.1. The highest BCUT2D eigenvalue weighted by molar-refractivity contribution is 4.78. The van der Waals surface area contributed by atoms with Gasteiger partial charge in [0, 0.05) is 0 Å². The molecule has 0 aliphatic carbocycles. The monoisotopic (exact) mass is 280 g/mol. The van der Waals surface area contributed by atoms with E-state index in [1.165, 1.54) is 32.1 Å². The van der Waals surface area contributed by atoms with Gasteiger partial charge < -0.3 is 0 Å². The third-order valence-corrected chi connectivity index (χ3v) is 1.84. The van der Waals surface area contributed by atoms with Gasteiger partial charge in [0.25, 0.3) is 0 Å². The molecule has 0 radical (unpaired) electrons. The van der Waals surface area contributed by atoms with Gasteiger partial charge in [-0.05, 0) is 39.5 Å². The highest BCUT2D eigenvalue weighted by Crippen LogP contribution is 1.88. The van der Waals surface area contributed by atoms with E-state index in [4.69, 9.17) is 0 Å². The second-order valence-electron chi connectivity index (χ2n) is 4.13. The molecule has 0 rings (SSSR count). The summed E-state index contributed by atoms with van der Waals surface area (Å²) in [6.07, 6.45) is 19.6. The summed E-state index contributed by atoms with van der Waals surface area (Å²) >= 11 is 0. The molecule has 0 spiro atoms. The van der Waals surface area contributed by atoms with Crippen LogP contribution in [0.4, 0.5) is 0 Å². The molecular formula is C20H40. The summed E-state index contributed by atoms with van der Waals surface area (Å²) in [7, 11) is 0. The van der Waals surface area contributed by atoms with E-state index >= 15 is 0 Å². The SMILES string of the molecule is C/C=C/CCC.C=CC.C=CCC.CC/C=C/CCC. The van der Waals surface area contributed by atoms with Crippen molar-refractivity contribution >= 4 is 0 Å². The molecule has 0 aliphatic rings. The van der Waals surface area contributed by atoms with E-state index in [1.54, 1.807) is 6.08 Å². The van der Waals surface area contributed by atoms with Crippen LogP contribution in [0.5, 0.6) is 0 Å². The van der Waals surface area contributed by atoms with E-state index in [9.17, 15) is 0 Å². The molecule has 0 fully saturated rings. The van der Waals surface area contributed by atoms with Crippen molar-refractivity contribution < 1.29 is 0 Å². The van der Waals surface area contributed by atoms with Gasteiger partial charge in [0.2, 0.25) is 0 Å². The molecule has 0 bridgehead atoms. The minimum absolute atomic E-state index is 1.08. The van der Waals surface area contributed by atoms with Gasteiger partial charge in [0.1, 0.15) is 0 Å². The van der Waals surface area contributed by atoms with Crippen LogP contribution >= 0.6 is 0 Å². The van der Waals surface area contributed by atoms with Gasteiger partial charge in [0.05, 0.1) is 0 Å². The maximum absolute atomic E-state index is 3.48. The lowest BCUT2D eigenvalue weighted by molar-refractivity contribution is 0.952. The first-order valence-electron chi connectivity index (χ1n) is 8.10. The second kappa shape index (κ2) is 43.0. The molecule has 0 unspecified atom stereocenters. The molecule has 0 N–H and O–H groups in total. The molecule has 0 aliphatic heterocycles. The summed E-state index contributed by atoms with van der Waals surface area (Å²) in [4.78, 5) is 0. The molecular weight excluding hydrogens is 240 g/mol. The average molecular weight is 281 g/mol. The highest BCUT2D eigenvalue weighted by Gasteiger charge is 1.68. The number of hydrogen-bond acceptors (Lipinski definition) is 0. The number of rotatable bonds is 6. The van der Waals surface area contributed by atoms with Gasteiger partial charge in [0.15, 0.2) is 0 Å². The molecule has 0 saturated carbocycles. The Balaban J connectivity index is -0.0000000899. The average Bonchev–Trinajstić information content (AvgIpc) is 2.47. The third kappa shape index (κ3) is 89.2. The van der Waals surface area contributed by atoms with Crippen LogP contribution in [0.2, 0.25) is 0 Å². The van der Waals surface area contributed by atoms with Crippen molar-refractivity contribution in [2.75, 3.05) is 0 Å². The molecule has 0 nitrogen and oxygen atoms in total. The third-order valence-electron chi connectivity index (χ3n) is 1.84. The van der Waals surface area contributed by atoms with Crippen molar-refractivity contribution in [3.63, 3.8) is 0 Å². The van der Waals surface area contributed by atoms with E-state index in [-0.39, 0.29) is 0 Å². The molecule has 0 heteroatoms. The molecule has 0 aromatic carbocycles. The molecule has 0 saturated heterocycles. The summed E-state index contributed by atoms with van der Waals surface area (Å²) in [5.74, 6) is 0. The maximum atomic E-state index is 3.48. The summed E-state index contributed by atoms with van der Waals surface area (Å²) in [6.45, 7) is 19.4. The van der Waals surface area contributed by atoms with Crippen molar-refractivity contribution in [2.24, 2.45) is 0 Å². The van der Waals surface area contributed by atoms with Crippen molar-refractivity contribution in [2.45, 2.75) is 80.1 Å². The normalized spacial score (nSPS) is 8.70. The lowest BCUT2D eigenvalue weighted by Crippen LogP contribution is -1.58. The molecule has 0 atom stereocenters. The van der Waals surface area contributed by atoms with E-state index in [2.05, 4.69) is 72.1 Å². The molecule has 0 amide bonds. The first-order valence-corrected chi connectivity index (χ1v) is 8.10. The fraction of sp³-hybridized carbons (Fsp3) is 0.600. The summed E-state index contributed by atoms with van der Waals surface area (Å²) in [5.41, 5.74) is 0. The van der Waals surface area contributed by atoms with E-state index < -0.39 is 0 Å². The van der Waals surface area contributed by atoms with Crippen molar-refractivity contribution in [3.05, 3.63) is 49.6 Å². The standard InChI is InChI=1S/C7H14.C6H12.C4H8.C3H6/c1-3-5-7-6-4-2;1-3-5-6-4-2;1-3-4-2;1-3-2/h5,7H,3-4,6H2,1-2H3;3,5H,4,6H2,1-2H3;3H,1,4H2,2H3;3H,1H2,2H3/b7-5+;5-3+;;. The highest BCUT2D eigenvalue weighted by atomic mass is 13.7. The topological polar surface area (TPSA) is 0 Å². The number of allylic oxidation sites excluding steroid dienone is 6. The van der Waals surface area contributed by atoms with Crippen LogP contribution in [0.25, 0.3) is 0 Å². The smallest absolute Gasteiger partial charge is 0.0353 e. The Kier molecular flexibility index (Phi) is 58.8. The Morgan fingerprint density at radius 3 is 1.30 bits per heavy atom. The number of unbranched alkanes of at least 4 members (excludes halogenated alkanes) is 2. The van der Waals surface area contributed by atoms with E-state index in [1.807, 2.05) is 13.0 Å². The van der Waals surface area contributed by atoms with Crippen LogP contribution in [0.15, 0.2) is 49.6 Å². The van der Waals surface area contributed by atoms with Gasteiger partial charge in [-0.1, -0.05) is 77.0 Å². The van der Waals surface area contributed by atoms with E-state index in [0.29, 0.717) is 0 Å². The summed E-state index contributed by atoms with van der Waals surface area (Å²) in [5, 5.41) is 0. The molecule has 120 valence electrons. The van der Waals surface area contributed by atoms with Gasteiger partial charge in [-0.25, -0.2) is 0 Å². The molecule has 0 heterocycles. The van der Waals surface area contributed by atoms with Crippen molar-refractivity contribution in [3.8, 4) is 0 Å². The fourth-order valence-electron chi connectivity index (χ4n) is 0.785. The molecule has 0 aromatic heterocycles. The summed E-state index contributed by atoms with van der Waals surface area (Å²) < 4.78 is 0. The Morgan fingerprint density at radius 1 is 0.700 bits per heavy atom. The Bertz CT molecular complexity index is 184. The zero-order chi connectivity index (χ0) is 16.5. The van der Waals surface area contributed by atoms with Gasteiger partial charge in [-0.2, -0.15) is 0 Å². The second-order valence-corrected chi connectivity index (χ2v) is 4.13. The maximum Gasteiger partial charge on any atom is -0.0353 e. The van der Waals surface area contributed by atoms with Crippen LogP contribution < -0.4 is 0 Å². The van der Waals surface area contributed by atoms with Crippen LogP contribution in [0.3, 0.4) is 0 Å².